The fourth-order valence-corrected chi connectivity index (χ4v) is 5.95. The van der Waals surface area contributed by atoms with Gasteiger partial charge in [-0.1, -0.05) is 23.9 Å². The van der Waals surface area contributed by atoms with E-state index in [1.165, 1.54) is 28.6 Å². The minimum Gasteiger partial charge on any atom is -0.376 e. The topological polar surface area (TPSA) is 84.9 Å². The van der Waals surface area contributed by atoms with Crippen molar-refractivity contribution in [1.82, 2.24) is 14.1 Å². The van der Waals surface area contributed by atoms with Crippen molar-refractivity contribution in [1.29, 1.82) is 5.26 Å². The van der Waals surface area contributed by atoms with Gasteiger partial charge in [-0.25, -0.2) is 4.98 Å². The summed E-state index contributed by atoms with van der Waals surface area (Å²) in [6, 6.07) is 8.58. The lowest BCUT2D eigenvalue weighted by Crippen LogP contribution is -2.23. The maximum absolute atomic E-state index is 13.1. The van der Waals surface area contributed by atoms with E-state index < -0.39 is 0 Å². The molecule has 1 amide bonds. The molecule has 8 heteroatoms. The van der Waals surface area contributed by atoms with Crippen LogP contribution in [0.3, 0.4) is 0 Å². The molecule has 1 aliphatic carbocycles. The first-order valence-electron chi connectivity index (χ1n) is 12.4. The van der Waals surface area contributed by atoms with E-state index in [9.17, 15) is 10.1 Å². The minimum atomic E-state index is -0.134. The zero-order valence-corrected chi connectivity index (χ0v) is 21.2. The Kier molecular flexibility index (Phi) is 6.98. The van der Waals surface area contributed by atoms with Crippen LogP contribution in [0.25, 0.3) is 5.69 Å². The van der Waals surface area contributed by atoms with Crippen LogP contribution in [0.1, 0.15) is 53.6 Å². The highest BCUT2D eigenvalue weighted by atomic mass is 32.2. The molecular formula is C27H31N5O2S. The van der Waals surface area contributed by atoms with Crippen LogP contribution in [0, 0.1) is 25.2 Å². The van der Waals surface area contributed by atoms with Gasteiger partial charge in [0.25, 0.3) is 0 Å². The minimum absolute atomic E-state index is 0.134. The zero-order chi connectivity index (χ0) is 24.4. The van der Waals surface area contributed by atoms with E-state index in [4.69, 9.17) is 4.74 Å². The first kappa shape index (κ1) is 23.7. The number of fused-ring (bicyclic) bond motifs is 1. The van der Waals surface area contributed by atoms with Crippen LogP contribution in [0.2, 0.25) is 0 Å². The van der Waals surface area contributed by atoms with Gasteiger partial charge in [-0.3, -0.25) is 9.36 Å². The number of nitrogens with one attached hydrogen (secondary N) is 1. The number of ether oxygens (including phenoxy) is 1. The lowest BCUT2D eigenvalue weighted by molar-refractivity contribution is -0.113. The summed E-state index contributed by atoms with van der Waals surface area (Å²) in [6.45, 7) is 5.65. The molecule has 0 spiro atoms. The van der Waals surface area contributed by atoms with Crippen molar-refractivity contribution in [2.75, 3.05) is 17.7 Å². The molecule has 1 aliphatic heterocycles. The van der Waals surface area contributed by atoms with Crippen molar-refractivity contribution >= 4 is 23.5 Å². The first-order chi connectivity index (χ1) is 17.1. The van der Waals surface area contributed by atoms with Crippen LogP contribution < -0.4 is 5.32 Å². The molecule has 0 saturated carbocycles. The van der Waals surface area contributed by atoms with E-state index >= 15 is 0 Å². The second kappa shape index (κ2) is 10.3. The van der Waals surface area contributed by atoms with Crippen molar-refractivity contribution in [3.63, 3.8) is 0 Å². The van der Waals surface area contributed by atoms with Crippen LogP contribution >= 0.6 is 11.8 Å². The molecule has 1 N–H and O–H groups in total. The summed E-state index contributed by atoms with van der Waals surface area (Å²) in [7, 11) is 0. The summed E-state index contributed by atoms with van der Waals surface area (Å²) in [4.78, 5) is 17.6. The number of rotatable bonds is 7. The Balaban J connectivity index is 1.36. The third kappa shape index (κ3) is 4.75. The molecule has 2 aliphatic rings. The molecule has 3 aromatic rings. The van der Waals surface area contributed by atoms with Crippen LogP contribution in [0.4, 0.5) is 5.82 Å². The molecule has 1 saturated heterocycles. The van der Waals surface area contributed by atoms with Crippen LogP contribution in [-0.2, 0) is 28.9 Å². The van der Waals surface area contributed by atoms with Crippen molar-refractivity contribution in [2.45, 2.75) is 70.2 Å². The third-order valence-electron chi connectivity index (χ3n) is 7.13. The first-order valence-corrected chi connectivity index (χ1v) is 13.3. The summed E-state index contributed by atoms with van der Waals surface area (Å²) in [5.74, 6) is 0.714. The SMILES string of the molecule is Cc1cccc(-n2ccnc2SCC(=O)Nc2c(C#N)c3c(n2CC2CCCO2)CCCC3)c1C. The van der Waals surface area contributed by atoms with Crippen molar-refractivity contribution in [2.24, 2.45) is 0 Å². The van der Waals surface area contributed by atoms with E-state index in [1.807, 2.05) is 16.8 Å². The lowest BCUT2D eigenvalue weighted by Gasteiger charge is -2.20. The van der Waals surface area contributed by atoms with E-state index in [2.05, 4.69) is 46.9 Å². The van der Waals surface area contributed by atoms with Gasteiger partial charge < -0.3 is 14.6 Å². The number of thioether (sulfide) groups is 1. The van der Waals surface area contributed by atoms with Gasteiger partial charge in [0.2, 0.25) is 5.91 Å². The smallest absolute Gasteiger partial charge is 0.235 e. The fourth-order valence-electron chi connectivity index (χ4n) is 5.19. The monoisotopic (exact) mass is 489 g/mol. The number of aromatic nitrogens is 3. The maximum atomic E-state index is 13.1. The Hall–Kier alpha value is -3.02. The number of nitrogens with zero attached hydrogens (tertiary/aromatic N) is 4. The Morgan fingerprint density at radius 1 is 1.29 bits per heavy atom. The molecule has 2 aromatic heterocycles. The Labute approximate surface area is 210 Å². The molecule has 3 heterocycles. The van der Waals surface area contributed by atoms with Gasteiger partial charge in [-0.15, -0.1) is 0 Å². The van der Waals surface area contributed by atoms with Gasteiger partial charge in [-0.05, 0) is 75.1 Å². The number of hydrogen-bond donors (Lipinski definition) is 1. The highest BCUT2D eigenvalue weighted by molar-refractivity contribution is 7.99. The Morgan fingerprint density at radius 3 is 2.94 bits per heavy atom. The van der Waals surface area contributed by atoms with Gasteiger partial charge in [-0.2, -0.15) is 5.26 Å². The van der Waals surface area contributed by atoms with Gasteiger partial charge in [0.05, 0.1) is 29.7 Å². The molecule has 35 heavy (non-hydrogen) atoms. The predicted molar refractivity (Wildman–Crippen MR) is 137 cm³/mol. The molecule has 1 fully saturated rings. The average molecular weight is 490 g/mol. The van der Waals surface area contributed by atoms with Crippen LogP contribution in [0.5, 0.6) is 0 Å². The molecule has 1 atom stereocenters. The summed E-state index contributed by atoms with van der Waals surface area (Å²) < 4.78 is 10.1. The van der Waals surface area contributed by atoms with E-state index in [-0.39, 0.29) is 17.8 Å². The summed E-state index contributed by atoms with van der Waals surface area (Å²) in [6.07, 6.45) is 9.91. The largest absolute Gasteiger partial charge is 0.376 e. The highest BCUT2D eigenvalue weighted by Crippen LogP contribution is 2.34. The molecular weight excluding hydrogens is 458 g/mol. The third-order valence-corrected chi connectivity index (χ3v) is 8.09. The lowest BCUT2D eigenvalue weighted by atomic mass is 9.95. The number of benzene rings is 1. The standard InChI is InChI=1S/C27H31N5O2S/c1-18-7-5-11-23(19(18)2)31-13-12-29-27(31)35-17-25(33)30-26-22(15-28)21-9-3-4-10-24(21)32(26)16-20-8-6-14-34-20/h5,7,11-13,20H,3-4,6,8-10,14,16-17H2,1-2H3,(H,30,33). The Morgan fingerprint density at radius 2 is 2.14 bits per heavy atom. The molecule has 182 valence electrons. The fraction of sp³-hybridized carbons (Fsp3) is 0.444. The maximum Gasteiger partial charge on any atom is 0.235 e. The normalized spacial score (nSPS) is 17.2. The number of amides is 1. The van der Waals surface area contributed by atoms with Crippen LogP contribution in [0.15, 0.2) is 35.7 Å². The van der Waals surface area contributed by atoms with Gasteiger partial charge >= 0.3 is 0 Å². The quantitative estimate of drug-likeness (QED) is 0.475. The van der Waals surface area contributed by atoms with E-state index in [1.54, 1.807) is 6.20 Å². The second-order valence-electron chi connectivity index (χ2n) is 9.35. The molecule has 0 radical (unpaired) electrons. The van der Waals surface area contributed by atoms with Gasteiger partial charge in [0, 0.05) is 24.7 Å². The molecule has 0 bridgehead atoms. The molecule has 5 rings (SSSR count). The zero-order valence-electron chi connectivity index (χ0n) is 20.3. The van der Waals surface area contributed by atoms with Gasteiger partial charge in [0.1, 0.15) is 11.9 Å². The number of carbonyl (C=O) groups excluding carboxylic acids is 1. The van der Waals surface area contributed by atoms with E-state index in [0.29, 0.717) is 17.9 Å². The Bertz CT molecular complexity index is 1280. The number of hydrogen-bond acceptors (Lipinski definition) is 5. The molecule has 7 nitrogen and oxygen atoms in total. The molecule has 1 unspecified atom stereocenters. The summed E-state index contributed by atoms with van der Waals surface area (Å²) >= 11 is 1.40. The number of aryl methyl sites for hydroxylation is 1. The molecule has 1 aromatic carbocycles. The number of carbonyl (C=O) groups is 1. The summed E-state index contributed by atoms with van der Waals surface area (Å²) in [5, 5.41) is 13.8. The number of nitriles is 1. The van der Waals surface area contributed by atoms with Crippen LogP contribution in [-0.4, -0.2) is 38.5 Å². The van der Waals surface area contributed by atoms with Crippen molar-refractivity contribution < 1.29 is 9.53 Å². The average Bonchev–Trinajstić information content (AvgIpc) is 3.60. The number of anilines is 1. The van der Waals surface area contributed by atoms with Gasteiger partial charge in [0.15, 0.2) is 5.16 Å². The number of imidazole rings is 1. The predicted octanol–water partition coefficient (Wildman–Crippen LogP) is 4.95. The van der Waals surface area contributed by atoms with Crippen molar-refractivity contribution in [3.05, 3.63) is 58.5 Å². The summed E-state index contributed by atoms with van der Waals surface area (Å²) in [5.41, 5.74) is 6.38. The van der Waals surface area contributed by atoms with Crippen molar-refractivity contribution in [3.8, 4) is 11.8 Å². The second-order valence-corrected chi connectivity index (χ2v) is 10.3. The highest BCUT2D eigenvalue weighted by Gasteiger charge is 2.28. The van der Waals surface area contributed by atoms with E-state index in [0.717, 1.165) is 61.5 Å².